The molecule has 0 radical (unpaired) electrons. The number of likely N-dealkylation sites (N-methyl/N-ethyl adjacent to an activating group) is 2. The summed E-state index contributed by atoms with van der Waals surface area (Å²) in [5.41, 5.74) is 0.164. The quantitative estimate of drug-likeness (QED) is 0.0479. The first-order valence-corrected chi connectivity index (χ1v) is 22.1. The van der Waals surface area contributed by atoms with Crippen LogP contribution < -0.4 is 0 Å². The minimum absolute atomic E-state index is 0.164. The smallest absolute Gasteiger partial charge is 0.0686 e. The molecule has 1 rings (SSSR count). The van der Waals surface area contributed by atoms with E-state index in [-0.39, 0.29) is 5.60 Å². The van der Waals surface area contributed by atoms with Gasteiger partial charge in [-0.3, -0.25) is 0 Å². The molecule has 0 bridgehead atoms. The fourth-order valence-corrected chi connectivity index (χ4v) is 7.35. The second kappa shape index (κ2) is 34.9. The normalized spacial score (nSPS) is 16.7. The van der Waals surface area contributed by atoms with Crippen LogP contribution in [0.4, 0.5) is 0 Å². The van der Waals surface area contributed by atoms with E-state index in [0.717, 1.165) is 38.5 Å². The molecule has 1 unspecified atom stereocenters. The predicted molar refractivity (Wildman–Crippen MR) is 225 cm³/mol. The third-order valence-electron chi connectivity index (χ3n) is 10.8. The molecular formula is C47H88N2O. The number of rotatable bonds is 36. The molecule has 3 heteroatoms. The lowest BCUT2D eigenvalue weighted by molar-refractivity contribution is -0.0142. The summed E-state index contributed by atoms with van der Waals surface area (Å²) in [4.78, 5) is 4.81. The van der Waals surface area contributed by atoms with Crippen LogP contribution >= 0.6 is 0 Å². The first kappa shape index (κ1) is 46.9. The maximum absolute atomic E-state index is 6.78. The number of nitrogens with zero attached hydrogens (tertiary/aromatic N) is 2. The molecule has 0 N–H and O–H groups in total. The van der Waals surface area contributed by atoms with Gasteiger partial charge in [0.05, 0.1) is 12.2 Å². The highest BCUT2D eigenvalue weighted by Gasteiger charge is 2.39. The van der Waals surface area contributed by atoms with E-state index < -0.39 is 0 Å². The highest BCUT2D eigenvalue weighted by Crippen LogP contribution is 2.40. The van der Waals surface area contributed by atoms with Crippen LogP contribution in [0.1, 0.15) is 194 Å². The van der Waals surface area contributed by atoms with E-state index >= 15 is 0 Å². The van der Waals surface area contributed by atoms with Crippen LogP contribution in [0.25, 0.3) is 0 Å². The molecule has 50 heavy (non-hydrogen) atoms. The van der Waals surface area contributed by atoms with Crippen molar-refractivity contribution in [2.75, 3.05) is 47.4 Å². The van der Waals surface area contributed by atoms with Gasteiger partial charge in [0, 0.05) is 13.1 Å². The molecule has 1 saturated heterocycles. The standard InChI is InChI=1S/C47H88N2O/c1-6-8-10-12-14-16-18-20-22-24-26-28-30-32-34-36-39-47(44-46(45-50-47)38-41-49(5)43-42-48(3)4)40-37-35-33-31-29-27-25-23-21-19-17-15-13-11-9-7-2/h14-17,20-23,46H,6-13,18-19,24-45H2,1-5H3/b16-14-,17-15-,22-20-,23-21-. The van der Waals surface area contributed by atoms with Crippen molar-refractivity contribution in [1.82, 2.24) is 9.80 Å². The van der Waals surface area contributed by atoms with Crippen molar-refractivity contribution in [3.05, 3.63) is 48.6 Å². The van der Waals surface area contributed by atoms with Crippen LogP contribution in [-0.2, 0) is 4.74 Å². The average Bonchev–Trinajstić information content (AvgIpc) is 3.52. The molecule has 292 valence electrons. The third kappa shape index (κ3) is 29.4. The van der Waals surface area contributed by atoms with Gasteiger partial charge >= 0.3 is 0 Å². The number of ether oxygens (including phenoxy) is 1. The number of hydrogen-bond donors (Lipinski definition) is 0. The van der Waals surface area contributed by atoms with Gasteiger partial charge in [-0.25, -0.2) is 0 Å². The van der Waals surface area contributed by atoms with E-state index in [2.05, 4.69) is 93.4 Å². The van der Waals surface area contributed by atoms with Crippen molar-refractivity contribution in [3.63, 3.8) is 0 Å². The van der Waals surface area contributed by atoms with Crippen LogP contribution in [0, 0.1) is 5.92 Å². The summed E-state index contributed by atoms with van der Waals surface area (Å²) in [5, 5.41) is 0. The zero-order valence-electron chi connectivity index (χ0n) is 34.6. The largest absolute Gasteiger partial charge is 0.375 e. The number of hydrogen-bond acceptors (Lipinski definition) is 3. The molecule has 0 aromatic rings. The number of allylic oxidation sites excluding steroid dienone is 8. The van der Waals surface area contributed by atoms with Gasteiger partial charge in [-0.2, -0.15) is 0 Å². The summed E-state index contributed by atoms with van der Waals surface area (Å²) in [6.45, 7) is 9.05. The summed E-state index contributed by atoms with van der Waals surface area (Å²) < 4.78 is 6.78. The Bertz CT molecular complexity index is 779. The van der Waals surface area contributed by atoms with Crippen molar-refractivity contribution >= 4 is 0 Å². The van der Waals surface area contributed by atoms with Crippen LogP contribution in [-0.4, -0.2) is 62.8 Å². The third-order valence-corrected chi connectivity index (χ3v) is 10.8. The summed E-state index contributed by atoms with van der Waals surface area (Å²) in [7, 11) is 6.64. The lowest BCUT2D eigenvalue weighted by atomic mass is 9.83. The Morgan fingerprint density at radius 2 is 0.920 bits per heavy atom. The SMILES string of the molecule is CCCCC/C=C\C/C=C\CCCCCCCCC1(CCCCCCCC/C=C\C/C=C\CCCCC)CC(CCN(C)CCN(C)C)CO1. The Morgan fingerprint density at radius 1 is 0.500 bits per heavy atom. The lowest BCUT2D eigenvalue weighted by Gasteiger charge is -2.29. The van der Waals surface area contributed by atoms with E-state index in [1.54, 1.807) is 0 Å². The second-order valence-corrected chi connectivity index (χ2v) is 16.1. The van der Waals surface area contributed by atoms with Gasteiger partial charge < -0.3 is 14.5 Å². The van der Waals surface area contributed by atoms with E-state index in [0.29, 0.717) is 0 Å². The fraction of sp³-hybridized carbons (Fsp3) is 0.830. The Balaban J connectivity index is 2.27. The van der Waals surface area contributed by atoms with E-state index in [9.17, 15) is 0 Å². The molecule has 1 atom stereocenters. The van der Waals surface area contributed by atoms with Crippen LogP contribution in [0.5, 0.6) is 0 Å². The first-order valence-electron chi connectivity index (χ1n) is 22.1. The fourth-order valence-electron chi connectivity index (χ4n) is 7.35. The monoisotopic (exact) mass is 697 g/mol. The van der Waals surface area contributed by atoms with Gasteiger partial charge in [0.1, 0.15) is 0 Å². The summed E-state index contributed by atoms with van der Waals surface area (Å²) in [6.07, 6.45) is 55.9. The minimum atomic E-state index is 0.164. The lowest BCUT2D eigenvalue weighted by Crippen LogP contribution is -2.30. The molecule has 3 nitrogen and oxygen atoms in total. The van der Waals surface area contributed by atoms with E-state index in [1.807, 2.05) is 0 Å². The molecule has 1 heterocycles. The Hall–Kier alpha value is -1.16. The van der Waals surface area contributed by atoms with Crippen LogP contribution in [0.2, 0.25) is 0 Å². The molecule has 1 fully saturated rings. The van der Waals surface area contributed by atoms with Crippen molar-refractivity contribution in [2.45, 2.75) is 199 Å². The molecule has 0 amide bonds. The molecule has 0 aliphatic carbocycles. The highest BCUT2D eigenvalue weighted by atomic mass is 16.5. The summed E-state index contributed by atoms with van der Waals surface area (Å²) in [6, 6.07) is 0. The predicted octanol–water partition coefficient (Wildman–Crippen LogP) is 14.1. The van der Waals surface area contributed by atoms with E-state index in [4.69, 9.17) is 4.74 Å². The topological polar surface area (TPSA) is 15.7 Å². The van der Waals surface area contributed by atoms with Crippen molar-refractivity contribution in [1.29, 1.82) is 0 Å². The zero-order valence-corrected chi connectivity index (χ0v) is 34.6. The first-order chi connectivity index (χ1) is 24.5. The molecule has 0 aromatic carbocycles. The van der Waals surface area contributed by atoms with Gasteiger partial charge in [0.15, 0.2) is 0 Å². The molecular weight excluding hydrogens is 609 g/mol. The maximum atomic E-state index is 6.78. The summed E-state index contributed by atoms with van der Waals surface area (Å²) in [5.74, 6) is 0.742. The molecule has 0 aromatic heterocycles. The zero-order chi connectivity index (χ0) is 36.2. The van der Waals surface area contributed by atoms with Crippen molar-refractivity contribution < 1.29 is 4.74 Å². The molecule has 1 aliphatic rings. The molecule has 0 saturated carbocycles. The van der Waals surface area contributed by atoms with Gasteiger partial charge in [0.25, 0.3) is 0 Å². The highest BCUT2D eigenvalue weighted by molar-refractivity contribution is 4.94. The second-order valence-electron chi connectivity index (χ2n) is 16.1. The van der Waals surface area contributed by atoms with E-state index in [1.165, 1.54) is 173 Å². The molecule has 0 spiro atoms. The number of unbranched alkanes of at least 4 members (excludes halogenated alkanes) is 18. The van der Waals surface area contributed by atoms with Crippen LogP contribution in [0.3, 0.4) is 0 Å². The summed E-state index contributed by atoms with van der Waals surface area (Å²) >= 11 is 0. The Kier molecular flexibility index (Phi) is 32.7. The Morgan fingerprint density at radius 3 is 1.36 bits per heavy atom. The van der Waals surface area contributed by atoms with Gasteiger partial charge in [-0.15, -0.1) is 0 Å². The average molecular weight is 697 g/mol. The Labute approximate surface area is 314 Å². The van der Waals surface area contributed by atoms with Gasteiger partial charge in [0.2, 0.25) is 0 Å². The van der Waals surface area contributed by atoms with Crippen molar-refractivity contribution in [3.8, 4) is 0 Å². The van der Waals surface area contributed by atoms with Gasteiger partial charge in [-0.1, -0.05) is 152 Å². The maximum Gasteiger partial charge on any atom is 0.0686 e. The van der Waals surface area contributed by atoms with Gasteiger partial charge in [-0.05, 0) is 123 Å². The van der Waals surface area contributed by atoms with Crippen LogP contribution in [0.15, 0.2) is 48.6 Å². The molecule has 1 aliphatic heterocycles. The minimum Gasteiger partial charge on any atom is -0.375 e. The van der Waals surface area contributed by atoms with Crippen molar-refractivity contribution in [2.24, 2.45) is 5.92 Å².